The quantitative estimate of drug-likeness (QED) is 0.111. The number of aliphatic hydroxyl groups is 2. The number of hydrogen-bond acceptors (Lipinski definition) is 9. The molecule has 0 radical (unpaired) electrons. The van der Waals surface area contributed by atoms with Crippen molar-refractivity contribution in [1.82, 2.24) is 16.0 Å². The van der Waals surface area contributed by atoms with Crippen LogP contribution in [0.2, 0.25) is 0 Å². The molecule has 0 aliphatic heterocycles. The Morgan fingerprint density at radius 3 is 1.72 bits per heavy atom. The summed E-state index contributed by atoms with van der Waals surface area (Å²) in [6.07, 6.45) is -2.37. The number of carbonyl (C=O) groups is 6. The fourth-order valence-electron chi connectivity index (χ4n) is 2.37. The van der Waals surface area contributed by atoms with E-state index in [1.807, 2.05) is 5.32 Å². The molecule has 0 aromatic carbocycles. The van der Waals surface area contributed by atoms with E-state index in [0.29, 0.717) is 0 Å². The van der Waals surface area contributed by atoms with Gasteiger partial charge in [0, 0.05) is 12.8 Å². The summed E-state index contributed by atoms with van der Waals surface area (Å²) in [6, 6.07) is -5.95. The first-order valence-electron chi connectivity index (χ1n) is 9.55. The molecule has 32 heavy (non-hydrogen) atoms. The lowest BCUT2D eigenvalue weighted by Gasteiger charge is -2.24. The number of nitrogens with two attached hydrogens (primary N) is 3. The molecule has 0 rings (SSSR count). The van der Waals surface area contributed by atoms with Gasteiger partial charge in [-0.1, -0.05) is 0 Å². The predicted molar refractivity (Wildman–Crippen MR) is 107 cm³/mol. The maximum Gasteiger partial charge on any atom is 0.328 e. The smallest absolute Gasteiger partial charge is 0.328 e. The van der Waals surface area contributed by atoms with Crippen LogP contribution in [0, 0.1) is 0 Å². The van der Waals surface area contributed by atoms with E-state index < -0.39 is 72.4 Å². The van der Waals surface area contributed by atoms with E-state index in [0.717, 1.165) is 6.92 Å². The monoisotopic (exact) mass is 462 g/mol. The van der Waals surface area contributed by atoms with Crippen LogP contribution in [0.5, 0.6) is 0 Å². The minimum Gasteiger partial charge on any atom is -0.480 e. The summed E-state index contributed by atoms with van der Waals surface area (Å²) in [5.74, 6) is -5.99. The minimum atomic E-state index is -1.71. The average Bonchev–Trinajstić information content (AvgIpc) is 2.69. The Hall–Kier alpha value is -3.30. The van der Waals surface area contributed by atoms with Gasteiger partial charge in [-0.15, -0.1) is 0 Å². The molecule has 15 heteroatoms. The van der Waals surface area contributed by atoms with Crippen molar-refractivity contribution in [2.75, 3.05) is 6.61 Å². The molecule has 0 saturated heterocycles. The number of nitrogens with one attached hydrogen (secondary N) is 3. The first-order valence-corrected chi connectivity index (χ1v) is 9.55. The highest BCUT2D eigenvalue weighted by Gasteiger charge is 2.31. The number of hydrogen-bond donors (Lipinski definition) is 9. The van der Waals surface area contributed by atoms with Crippen LogP contribution >= 0.6 is 0 Å². The molecule has 0 spiro atoms. The van der Waals surface area contributed by atoms with E-state index in [2.05, 4.69) is 10.6 Å². The fraction of sp³-hybridized carbons (Fsp3) is 0.647. The van der Waals surface area contributed by atoms with Gasteiger partial charge >= 0.3 is 5.97 Å². The number of rotatable bonds is 15. The SMILES string of the molecule is C[C@@H](O)[C@H](NC(=O)[C@H](CO)NC(=O)[C@H](CCC(N)=O)NC(=O)[C@@H](N)CCC(N)=O)C(=O)O. The lowest BCUT2D eigenvalue weighted by Crippen LogP contribution is -2.59. The van der Waals surface area contributed by atoms with Crippen LogP contribution in [-0.4, -0.2) is 87.7 Å². The van der Waals surface area contributed by atoms with E-state index in [4.69, 9.17) is 22.3 Å². The molecule has 0 aliphatic rings. The average molecular weight is 462 g/mol. The summed E-state index contributed by atoms with van der Waals surface area (Å²) in [4.78, 5) is 69.9. The van der Waals surface area contributed by atoms with Crippen LogP contribution in [0.15, 0.2) is 0 Å². The highest BCUT2D eigenvalue weighted by molar-refractivity contribution is 5.94. The first kappa shape index (κ1) is 28.7. The number of amides is 5. The van der Waals surface area contributed by atoms with E-state index in [9.17, 15) is 39.0 Å². The Balaban J connectivity index is 5.29. The Bertz CT molecular complexity index is 715. The van der Waals surface area contributed by atoms with Gasteiger partial charge in [-0.05, 0) is 19.8 Å². The van der Waals surface area contributed by atoms with Crippen molar-refractivity contribution in [3.8, 4) is 0 Å². The molecule has 0 fully saturated rings. The molecular formula is C17H30N6O9. The number of primary amides is 2. The molecular weight excluding hydrogens is 432 g/mol. The van der Waals surface area contributed by atoms with Gasteiger partial charge in [-0.3, -0.25) is 24.0 Å². The maximum atomic E-state index is 12.6. The zero-order valence-electron chi connectivity index (χ0n) is 17.4. The molecule has 5 atom stereocenters. The zero-order valence-corrected chi connectivity index (χ0v) is 17.4. The van der Waals surface area contributed by atoms with Crippen molar-refractivity contribution in [3.63, 3.8) is 0 Å². The number of carboxylic acids is 1. The molecule has 182 valence electrons. The second-order valence-electron chi connectivity index (χ2n) is 6.99. The third-order valence-electron chi connectivity index (χ3n) is 4.21. The zero-order chi connectivity index (χ0) is 25.0. The molecule has 0 bridgehead atoms. The van der Waals surface area contributed by atoms with Crippen LogP contribution in [0.25, 0.3) is 0 Å². The Morgan fingerprint density at radius 2 is 1.28 bits per heavy atom. The summed E-state index contributed by atoms with van der Waals surface area (Å²) in [5, 5.41) is 34.2. The molecule has 0 unspecified atom stereocenters. The topological polar surface area (TPSA) is 277 Å². The van der Waals surface area contributed by atoms with Crippen molar-refractivity contribution in [2.24, 2.45) is 17.2 Å². The normalized spacial score (nSPS) is 15.4. The molecule has 12 N–H and O–H groups in total. The summed E-state index contributed by atoms with van der Waals surface area (Å²) in [5.41, 5.74) is 15.7. The van der Waals surface area contributed by atoms with E-state index in [-0.39, 0.29) is 25.7 Å². The third-order valence-corrected chi connectivity index (χ3v) is 4.21. The van der Waals surface area contributed by atoms with Crippen molar-refractivity contribution in [2.45, 2.75) is 62.9 Å². The number of carboxylic acid groups (broad SMARTS) is 1. The van der Waals surface area contributed by atoms with Crippen LogP contribution in [0.3, 0.4) is 0 Å². The summed E-state index contributed by atoms with van der Waals surface area (Å²) in [6.45, 7) is 0.167. The van der Waals surface area contributed by atoms with Crippen molar-refractivity contribution >= 4 is 35.5 Å². The Morgan fingerprint density at radius 1 is 0.812 bits per heavy atom. The highest BCUT2D eigenvalue weighted by Crippen LogP contribution is 2.02. The van der Waals surface area contributed by atoms with Gasteiger partial charge in [0.1, 0.15) is 12.1 Å². The first-order chi connectivity index (χ1) is 14.8. The molecule has 0 saturated carbocycles. The fourth-order valence-corrected chi connectivity index (χ4v) is 2.37. The van der Waals surface area contributed by atoms with Gasteiger partial charge in [0.05, 0.1) is 18.8 Å². The second-order valence-corrected chi connectivity index (χ2v) is 6.99. The highest BCUT2D eigenvalue weighted by atomic mass is 16.4. The summed E-state index contributed by atoms with van der Waals surface area (Å²) >= 11 is 0. The molecule has 15 nitrogen and oxygen atoms in total. The lowest BCUT2D eigenvalue weighted by molar-refractivity contribution is -0.145. The van der Waals surface area contributed by atoms with Crippen LogP contribution in [0.1, 0.15) is 32.6 Å². The van der Waals surface area contributed by atoms with E-state index >= 15 is 0 Å². The maximum absolute atomic E-state index is 12.6. The number of aliphatic hydroxyl groups excluding tert-OH is 2. The van der Waals surface area contributed by atoms with Crippen LogP contribution in [-0.2, 0) is 28.8 Å². The van der Waals surface area contributed by atoms with Gasteiger partial charge in [-0.2, -0.15) is 0 Å². The Labute approximate surface area is 183 Å². The van der Waals surface area contributed by atoms with Gasteiger partial charge in [0.25, 0.3) is 0 Å². The molecule has 0 aromatic heterocycles. The molecule has 0 aromatic rings. The van der Waals surface area contributed by atoms with E-state index in [1.54, 1.807) is 0 Å². The van der Waals surface area contributed by atoms with Gasteiger partial charge in [0.2, 0.25) is 29.5 Å². The summed E-state index contributed by atoms with van der Waals surface area (Å²) < 4.78 is 0. The van der Waals surface area contributed by atoms with Crippen molar-refractivity contribution in [1.29, 1.82) is 0 Å². The molecule has 0 aliphatic carbocycles. The number of carbonyl (C=O) groups excluding carboxylic acids is 5. The lowest BCUT2D eigenvalue weighted by atomic mass is 10.1. The van der Waals surface area contributed by atoms with Crippen molar-refractivity contribution < 1.29 is 44.1 Å². The standard InChI is InChI=1S/C17H30N6O9/c1-7(25)13(17(31)32)23-16(30)10(6-24)22-15(29)9(3-5-12(20)27)21-14(28)8(18)2-4-11(19)26/h7-10,13,24-25H,2-6,18H2,1H3,(H2,19,26)(H2,20,27)(H,21,28)(H,22,29)(H,23,30)(H,31,32)/t7-,8+,9+,10+,13+/m1/s1. The van der Waals surface area contributed by atoms with Gasteiger partial charge < -0.3 is 48.5 Å². The molecule has 0 heterocycles. The van der Waals surface area contributed by atoms with E-state index in [1.165, 1.54) is 0 Å². The van der Waals surface area contributed by atoms with Crippen LogP contribution in [0.4, 0.5) is 0 Å². The Kier molecular flexibility index (Phi) is 12.5. The minimum absolute atomic E-state index is 0.108. The van der Waals surface area contributed by atoms with Crippen LogP contribution < -0.4 is 33.2 Å². The predicted octanol–water partition coefficient (Wildman–Crippen LogP) is -5.24. The van der Waals surface area contributed by atoms with Gasteiger partial charge in [0.15, 0.2) is 6.04 Å². The second kappa shape index (κ2) is 13.9. The largest absolute Gasteiger partial charge is 0.480 e. The van der Waals surface area contributed by atoms with Crippen molar-refractivity contribution in [3.05, 3.63) is 0 Å². The number of aliphatic carboxylic acids is 1. The third kappa shape index (κ3) is 10.6. The molecule has 5 amide bonds. The summed E-state index contributed by atoms with van der Waals surface area (Å²) in [7, 11) is 0. The van der Waals surface area contributed by atoms with Gasteiger partial charge in [-0.25, -0.2) is 4.79 Å².